The summed E-state index contributed by atoms with van der Waals surface area (Å²) in [4.78, 5) is 23.5. The van der Waals surface area contributed by atoms with Crippen LogP contribution in [0, 0.1) is 0 Å². The van der Waals surface area contributed by atoms with Gasteiger partial charge in [0.2, 0.25) is 5.91 Å². The zero-order chi connectivity index (χ0) is 17.6. The smallest absolute Gasteiger partial charge is 0.389 e. The third kappa shape index (κ3) is 6.19. The number of anilines is 1. The lowest BCUT2D eigenvalue weighted by Gasteiger charge is -2.12. The van der Waals surface area contributed by atoms with Crippen LogP contribution in [0.2, 0.25) is 0 Å². The zero-order valence-corrected chi connectivity index (χ0v) is 13.0. The van der Waals surface area contributed by atoms with Gasteiger partial charge in [0.15, 0.2) is 0 Å². The van der Waals surface area contributed by atoms with E-state index in [0.29, 0.717) is 0 Å². The summed E-state index contributed by atoms with van der Waals surface area (Å²) in [5.41, 5.74) is 0.497. The number of carbonyl (C=O) groups excluding carboxylic acids is 2. The van der Waals surface area contributed by atoms with Gasteiger partial charge in [-0.2, -0.15) is 13.2 Å². The molecular formula is C16H19F3N2O3. The minimum absolute atomic E-state index is 0.152. The molecule has 1 heterocycles. The molecule has 2 rings (SSSR count). The number of nitrogens with one attached hydrogen (secondary N) is 2. The highest BCUT2D eigenvalue weighted by Crippen LogP contribution is 2.22. The molecule has 1 atom stereocenters. The van der Waals surface area contributed by atoms with Crippen LogP contribution in [0.4, 0.5) is 18.9 Å². The molecule has 1 aliphatic rings. The molecule has 0 bridgehead atoms. The number of alkyl halides is 3. The maximum absolute atomic E-state index is 12.1. The summed E-state index contributed by atoms with van der Waals surface area (Å²) >= 11 is 0. The summed E-state index contributed by atoms with van der Waals surface area (Å²) in [6.07, 6.45) is -4.23. The fourth-order valence-electron chi connectivity index (χ4n) is 2.36. The molecule has 0 spiro atoms. The van der Waals surface area contributed by atoms with Gasteiger partial charge in [-0.3, -0.25) is 4.79 Å². The van der Waals surface area contributed by atoms with Crippen LogP contribution < -0.4 is 10.6 Å². The van der Waals surface area contributed by atoms with E-state index >= 15 is 0 Å². The fraction of sp³-hybridized carbons (Fsp3) is 0.500. The molecule has 1 saturated heterocycles. The average Bonchev–Trinajstić information content (AvgIpc) is 3.04. The Kier molecular flexibility index (Phi) is 6.19. The number of hydrogen-bond acceptors (Lipinski definition) is 4. The van der Waals surface area contributed by atoms with Crippen molar-refractivity contribution in [1.29, 1.82) is 0 Å². The molecule has 1 amide bonds. The normalized spacial score (nSPS) is 17.5. The number of benzene rings is 1. The molecule has 1 aromatic rings. The van der Waals surface area contributed by atoms with Crippen LogP contribution in [-0.4, -0.2) is 37.2 Å². The van der Waals surface area contributed by atoms with Gasteiger partial charge in [-0.05, 0) is 37.6 Å². The second kappa shape index (κ2) is 8.14. The summed E-state index contributed by atoms with van der Waals surface area (Å²) < 4.78 is 41.5. The van der Waals surface area contributed by atoms with Crippen molar-refractivity contribution < 1.29 is 27.5 Å². The molecule has 1 aliphatic heterocycles. The van der Waals surface area contributed by atoms with E-state index in [-0.39, 0.29) is 23.9 Å². The number of esters is 1. The fourth-order valence-corrected chi connectivity index (χ4v) is 2.36. The molecule has 0 aliphatic carbocycles. The van der Waals surface area contributed by atoms with Crippen LogP contribution in [0.1, 0.15) is 36.0 Å². The largest absolute Gasteiger partial charge is 0.460 e. The lowest BCUT2D eigenvalue weighted by Crippen LogP contribution is -2.28. The first-order valence-electron chi connectivity index (χ1n) is 7.71. The number of halogens is 3. The van der Waals surface area contributed by atoms with E-state index < -0.39 is 30.9 Å². The van der Waals surface area contributed by atoms with Crippen LogP contribution in [0.3, 0.4) is 0 Å². The first kappa shape index (κ1) is 18.3. The van der Waals surface area contributed by atoms with Crippen LogP contribution in [0.25, 0.3) is 0 Å². The van der Waals surface area contributed by atoms with Gasteiger partial charge in [0, 0.05) is 18.2 Å². The van der Waals surface area contributed by atoms with Crippen molar-refractivity contribution in [2.75, 3.05) is 18.5 Å². The third-order valence-corrected chi connectivity index (χ3v) is 3.60. The number of amides is 1. The molecule has 1 aromatic carbocycles. The summed E-state index contributed by atoms with van der Waals surface area (Å²) in [6, 6.07) is 6.09. The van der Waals surface area contributed by atoms with Crippen molar-refractivity contribution in [2.24, 2.45) is 0 Å². The van der Waals surface area contributed by atoms with Crippen molar-refractivity contribution in [3.8, 4) is 0 Å². The van der Waals surface area contributed by atoms with Gasteiger partial charge in [-0.25, -0.2) is 4.79 Å². The zero-order valence-electron chi connectivity index (χ0n) is 13.0. The Balaban J connectivity index is 1.85. The standard InChI is InChI=1S/C16H19F3N2O3/c17-16(18,19)7-6-14(22)21-12-4-1-3-11(9-12)15(23)24-10-13-5-2-8-20-13/h1,3-4,9,13,20H,2,5-8,10H2,(H,21,22). The maximum Gasteiger partial charge on any atom is 0.389 e. The maximum atomic E-state index is 12.1. The molecule has 24 heavy (non-hydrogen) atoms. The molecule has 8 heteroatoms. The number of hydrogen-bond donors (Lipinski definition) is 2. The van der Waals surface area contributed by atoms with Crippen molar-refractivity contribution in [1.82, 2.24) is 5.32 Å². The van der Waals surface area contributed by atoms with Crippen LogP contribution in [0.15, 0.2) is 24.3 Å². The van der Waals surface area contributed by atoms with Gasteiger partial charge in [0.25, 0.3) is 0 Å². The van der Waals surface area contributed by atoms with E-state index in [1.54, 1.807) is 0 Å². The molecule has 5 nitrogen and oxygen atoms in total. The SMILES string of the molecule is O=C(CCC(F)(F)F)Nc1cccc(C(=O)OCC2CCCN2)c1. The van der Waals surface area contributed by atoms with Crippen LogP contribution in [-0.2, 0) is 9.53 Å². The molecule has 0 saturated carbocycles. The summed E-state index contributed by atoms with van der Waals surface area (Å²) in [5, 5.41) is 5.55. The molecule has 1 fully saturated rings. The van der Waals surface area contributed by atoms with Crippen molar-refractivity contribution in [2.45, 2.75) is 37.9 Å². The highest BCUT2D eigenvalue weighted by Gasteiger charge is 2.27. The molecule has 0 aromatic heterocycles. The van der Waals surface area contributed by atoms with E-state index in [1.165, 1.54) is 24.3 Å². The Labute approximate surface area is 137 Å². The van der Waals surface area contributed by atoms with Crippen molar-refractivity contribution >= 4 is 17.6 Å². The first-order valence-corrected chi connectivity index (χ1v) is 7.71. The van der Waals surface area contributed by atoms with E-state index in [1.807, 2.05) is 0 Å². The second-order valence-electron chi connectivity index (χ2n) is 5.64. The molecule has 132 valence electrons. The number of carbonyl (C=O) groups is 2. The molecular weight excluding hydrogens is 325 g/mol. The second-order valence-corrected chi connectivity index (χ2v) is 5.64. The Bertz CT molecular complexity index is 584. The number of rotatable bonds is 6. The van der Waals surface area contributed by atoms with Gasteiger partial charge in [0.1, 0.15) is 6.61 Å². The Morgan fingerprint density at radius 3 is 2.79 bits per heavy atom. The molecule has 0 radical (unpaired) electrons. The Morgan fingerprint density at radius 2 is 2.12 bits per heavy atom. The lowest BCUT2D eigenvalue weighted by atomic mass is 10.2. The van der Waals surface area contributed by atoms with Gasteiger partial charge in [-0.15, -0.1) is 0 Å². The highest BCUT2D eigenvalue weighted by atomic mass is 19.4. The molecule has 2 N–H and O–H groups in total. The van der Waals surface area contributed by atoms with Crippen molar-refractivity contribution in [3.63, 3.8) is 0 Å². The minimum Gasteiger partial charge on any atom is -0.460 e. The number of ether oxygens (including phenoxy) is 1. The van der Waals surface area contributed by atoms with E-state index in [9.17, 15) is 22.8 Å². The lowest BCUT2D eigenvalue weighted by molar-refractivity contribution is -0.142. The predicted octanol–water partition coefficient (Wildman–Crippen LogP) is 2.88. The Hall–Kier alpha value is -2.09. The van der Waals surface area contributed by atoms with Gasteiger partial charge < -0.3 is 15.4 Å². The monoisotopic (exact) mass is 344 g/mol. The van der Waals surface area contributed by atoms with E-state index in [2.05, 4.69) is 10.6 Å². The van der Waals surface area contributed by atoms with E-state index in [4.69, 9.17) is 4.74 Å². The van der Waals surface area contributed by atoms with Gasteiger partial charge in [0.05, 0.1) is 12.0 Å². The molecule has 1 unspecified atom stereocenters. The van der Waals surface area contributed by atoms with E-state index in [0.717, 1.165) is 19.4 Å². The predicted molar refractivity (Wildman–Crippen MR) is 81.7 cm³/mol. The van der Waals surface area contributed by atoms with Gasteiger partial charge in [-0.1, -0.05) is 6.07 Å². The first-order chi connectivity index (χ1) is 11.3. The summed E-state index contributed by atoms with van der Waals surface area (Å²) in [5.74, 6) is -1.29. The third-order valence-electron chi connectivity index (χ3n) is 3.60. The quantitative estimate of drug-likeness (QED) is 0.779. The van der Waals surface area contributed by atoms with Crippen LogP contribution >= 0.6 is 0 Å². The summed E-state index contributed by atoms with van der Waals surface area (Å²) in [6.45, 7) is 1.17. The van der Waals surface area contributed by atoms with Gasteiger partial charge >= 0.3 is 12.1 Å². The topological polar surface area (TPSA) is 67.4 Å². The van der Waals surface area contributed by atoms with Crippen molar-refractivity contribution in [3.05, 3.63) is 29.8 Å². The minimum atomic E-state index is -4.38. The van der Waals surface area contributed by atoms with Crippen LogP contribution in [0.5, 0.6) is 0 Å². The average molecular weight is 344 g/mol. The summed E-state index contributed by atoms with van der Waals surface area (Å²) in [7, 11) is 0. The Morgan fingerprint density at radius 1 is 1.33 bits per heavy atom. The highest BCUT2D eigenvalue weighted by molar-refractivity contribution is 5.94.